The summed E-state index contributed by atoms with van der Waals surface area (Å²) in [6.45, 7) is 2.10. The van der Waals surface area contributed by atoms with Crippen molar-refractivity contribution < 1.29 is 13.9 Å². The quantitative estimate of drug-likeness (QED) is 0.762. The first-order valence-corrected chi connectivity index (χ1v) is 8.13. The predicted molar refractivity (Wildman–Crippen MR) is 94.4 cm³/mol. The molecule has 0 radical (unpaired) electrons. The van der Waals surface area contributed by atoms with Crippen molar-refractivity contribution in [3.05, 3.63) is 59.8 Å². The van der Waals surface area contributed by atoms with Crippen LogP contribution in [0.4, 0.5) is 9.18 Å². The van der Waals surface area contributed by atoms with E-state index < -0.39 is 5.82 Å². The number of amides is 2. The van der Waals surface area contributed by atoms with Crippen LogP contribution in [0, 0.1) is 5.82 Å². The van der Waals surface area contributed by atoms with Gasteiger partial charge in [0.25, 0.3) is 0 Å². The van der Waals surface area contributed by atoms with Crippen molar-refractivity contribution in [2.24, 2.45) is 0 Å². The van der Waals surface area contributed by atoms with Crippen LogP contribution < -0.4 is 10.1 Å². The summed E-state index contributed by atoms with van der Waals surface area (Å²) in [5.41, 5.74) is 1.38. The van der Waals surface area contributed by atoms with Crippen LogP contribution in [-0.2, 0) is 6.54 Å². The highest BCUT2D eigenvalue weighted by Gasteiger charge is 2.18. The summed E-state index contributed by atoms with van der Waals surface area (Å²) in [5, 5.41) is 11.1. The number of carbonyl (C=O) groups is 1. The number of nitrogens with zero attached hydrogens (tertiary/aromatic N) is 4. The molecule has 2 amide bonds. The molecule has 0 saturated heterocycles. The van der Waals surface area contributed by atoms with Crippen molar-refractivity contribution in [1.29, 1.82) is 0 Å². The molecule has 1 N–H and O–H groups in total. The average Bonchev–Trinajstić information content (AvgIpc) is 3.06. The van der Waals surface area contributed by atoms with Gasteiger partial charge in [0.2, 0.25) is 0 Å². The molecule has 0 fully saturated rings. The molecule has 0 aliphatic heterocycles. The summed E-state index contributed by atoms with van der Waals surface area (Å²) in [7, 11) is 3.05. The lowest BCUT2D eigenvalue weighted by molar-refractivity contribution is 0.203. The maximum Gasteiger partial charge on any atom is 0.318 e. The molecule has 1 atom stereocenters. The molecule has 7 nitrogen and oxygen atoms in total. The molecule has 8 heteroatoms. The Morgan fingerprint density at radius 3 is 2.88 bits per heavy atom. The summed E-state index contributed by atoms with van der Waals surface area (Å²) in [4.78, 5) is 13.9. The summed E-state index contributed by atoms with van der Waals surface area (Å²) in [5.74, 6) is 0.355. The lowest BCUT2D eigenvalue weighted by atomic mass is 10.2. The lowest BCUT2D eigenvalue weighted by Crippen LogP contribution is -2.38. The second-order valence-corrected chi connectivity index (χ2v) is 5.98. The van der Waals surface area contributed by atoms with Crippen molar-refractivity contribution in [3.63, 3.8) is 0 Å². The van der Waals surface area contributed by atoms with Crippen LogP contribution in [0.3, 0.4) is 0 Å². The van der Waals surface area contributed by atoms with Gasteiger partial charge in [-0.15, -0.1) is 10.2 Å². The number of nitrogens with one attached hydrogen (secondary N) is 1. The fourth-order valence-corrected chi connectivity index (χ4v) is 2.67. The van der Waals surface area contributed by atoms with E-state index >= 15 is 0 Å². The number of ether oxygens (including phenoxy) is 1. The number of rotatable bonds is 5. The number of hydrogen-bond donors (Lipinski definition) is 1. The molecular weight excluding hydrogens is 337 g/mol. The summed E-state index contributed by atoms with van der Waals surface area (Å²) in [6.07, 6.45) is 1.84. The molecule has 26 heavy (non-hydrogen) atoms. The highest BCUT2D eigenvalue weighted by molar-refractivity contribution is 5.74. The number of benzene rings is 1. The van der Waals surface area contributed by atoms with E-state index in [0.29, 0.717) is 17.0 Å². The minimum absolute atomic E-state index is 0.174. The van der Waals surface area contributed by atoms with E-state index in [0.717, 1.165) is 0 Å². The number of aromatic nitrogens is 3. The summed E-state index contributed by atoms with van der Waals surface area (Å²) < 4.78 is 20.5. The average molecular weight is 357 g/mol. The Balaban J connectivity index is 1.66. The third kappa shape index (κ3) is 3.58. The van der Waals surface area contributed by atoms with Crippen molar-refractivity contribution in [1.82, 2.24) is 24.8 Å². The molecule has 0 spiro atoms. The predicted octanol–water partition coefficient (Wildman–Crippen LogP) is 2.78. The van der Waals surface area contributed by atoms with Crippen LogP contribution >= 0.6 is 0 Å². The van der Waals surface area contributed by atoms with E-state index in [1.807, 2.05) is 35.7 Å². The van der Waals surface area contributed by atoms with Crippen LogP contribution in [0.15, 0.2) is 42.6 Å². The number of urea groups is 1. The molecule has 136 valence electrons. The van der Waals surface area contributed by atoms with Crippen LogP contribution in [0.25, 0.3) is 5.65 Å². The van der Waals surface area contributed by atoms with Gasteiger partial charge in [-0.25, -0.2) is 9.18 Å². The van der Waals surface area contributed by atoms with Gasteiger partial charge in [0, 0.05) is 19.8 Å². The Hall–Kier alpha value is -3.16. The van der Waals surface area contributed by atoms with E-state index in [2.05, 4.69) is 15.5 Å². The molecule has 0 aliphatic carbocycles. The number of halogens is 1. The maximum atomic E-state index is 13.8. The van der Waals surface area contributed by atoms with E-state index in [4.69, 9.17) is 4.74 Å². The Kier molecular flexibility index (Phi) is 5.01. The molecule has 2 aromatic heterocycles. The van der Waals surface area contributed by atoms with Crippen molar-refractivity contribution >= 4 is 11.7 Å². The Morgan fingerprint density at radius 2 is 2.15 bits per heavy atom. The number of hydrogen-bond acceptors (Lipinski definition) is 4. The largest absolute Gasteiger partial charge is 0.494 e. The van der Waals surface area contributed by atoms with Gasteiger partial charge < -0.3 is 15.0 Å². The van der Waals surface area contributed by atoms with Crippen molar-refractivity contribution in [2.45, 2.75) is 19.5 Å². The van der Waals surface area contributed by atoms with Gasteiger partial charge >= 0.3 is 6.03 Å². The molecule has 3 aromatic rings. The minimum atomic E-state index is -0.456. The highest BCUT2D eigenvalue weighted by atomic mass is 19.1. The van der Waals surface area contributed by atoms with E-state index in [9.17, 15) is 9.18 Å². The number of carbonyl (C=O) groups excluding carboxylic acids is 1. The zero-order valence-corrected chi connectivity index (χ0v) is 14.8. The molecule has 0 aliphatic rings. The summed E-state index contributed by atoms with van der Waals surface area (Å²) >= 11 is 0. The molecule has 0 bridgehead atoms. The maximum absolute atomic E-state index is 13.8. The van der Waals surface area contributed by atoms with Crippen LogP contribution in [-0.4, -0.2) is 39.7 Å². The zero-order valence-electron chi connectivity index (χ0n) is 14.8. The first-order valence-electron chi connectivity index (χ1n) is 8.13. The zero-order chi connectivity index (χ0) is 18.7. The molecule has 1 unspecified atom stereocenters. The third-order valence-electron chi connectivity index (χ3n) is 4.05. The Labute approximate surface area is 150 Å². The molecule has 1 aromatic carbocycles. The van der Waals surface area contributed by atoms with E-state index in [-0.39, 0.29) is 24.4 Å². The lowest BCUT2D eigenvalue weighted by Gasteiger charge is -2.21. The Morgan fingerprint density at radius 1 is 1.35 bits per heavy atom. The van der Waals surface area contributed by atoms with Gasteiger partial charge in [-0.3, -0.25) is 4.40 Å². The fourth-order valence-electron chi connectivity index (χ4n) is 2.67. The minimum Gasteiger partial charge on any atom is -0.494 e. The van der Waals surface area contributed by atoms with Gasteiger partial charge in [-0.05, 0) is 36.8 Å². The topological polar surface area (TPSA) is 71.8 Å². The van der Waals surface area contributed by atoms with Gasteiger partial charge in [-0.1, -0.05) is 12.1 Å². The Bertz CT molecular complexity index is 927. The molecular formula is C18H20FN5O2. The van der Waals surface area contributed by atoms with Gasteiger partial charge in [0.05, 0.1) is 13.2 Å². The van der Waals surface area contributed by atoms with Gasteiger partial charge in [0.15, 0.2) is 23.0 Å². The first-order chi connectivity index (χ1) is 12.5. The van der Waals surface area contributed by atoms with Crippen molar-refractivity contribution in [3.8, 4) is 5.75 Å². The van der Waals surface area contributed by atoms with Gasteiger partial charge in [0.1, 0.15) is 0 Å². The number of fused-ring (bicyclic) bond motifs is 1. The van der Waals surface area contributed by atoms with E-state index in [1.54, 1.807) is 19.2 Å². The molecule has 2 heterocycles. The second kappa shape index (κ2) is 7.38. The molecule has 3 rings (SSSR count). The standard InChI is InChI=1S/C18H20FN5O2/c1-12(17-22-21-16-6-4-5-9-24(16)17)20-18(25)23(2)11-13-7-8-15(26-3)14(19)10-13/h4-10,12H,11H2,1-3H3,(H,20,25). The highest BCUT2D eigenvalue weighted by Crippen LogP contribution is 2.19. The number of pyridine rings is 1. The normalized spacial score (nSPS) is 12.0. The number of methoxy groups -OCH3 is 1. The van der Waals surface area contributed by atoms with Crippen LogP contribution in [0.1, 0.15) is 24.4 Å². The second-order valence-electron chi connectivity index (χ2n) is 5.98. The summed E-state index contributed by atoms with van der Waals surface area (Å²) in [6, 6.07) is 9.59. The smallest absolute Gasteiger partial charge is 0.318 e. The van der Waals surface area contributed by atoms with Gasteiger partial charge in [-0.2, -0.15) is 0 Å². The molecule has 0 saturated carbocycles. The van der Waals surface area contributed by atoms with Crippen LogP contribution in [0.2, 0.25) is 0 Å². The van der Waals surface area contributed by atoms with Crippen molar-refractivity contribution in [2.75, 3.05) is 14.2 Å². The monoisotopic (exact) mass is 357 g/mol. The third-order valence-corrected chi connectivity index (χ3v) is 4.05. The van der Waals surface area contributed by atoms with E-state index in [1.165, 1.54) is 18.1 Å². The van der Waals surface area contributed by atoms with Crippen LogP contribution in [0.5, 0.6) is 5.75 Å². The SMILES string of the molecule is COc1ccc(CN(C)C(=O)NC(C)c2nnc3ccccn23)cc1F. The first kappa shape index (κ1) is 17.7. The fraction of sp³-hybridized carbons (Fsp3) is 0.278.